The summed E-state index contributed by atoms with van der Waals surface area (Å²) in [6.45, 7) is 8.85. The lowest BCUT2D eigenvalue weighted by Gasteiger charge is -2.30. The molecule has 0 aliphatic rings. The van der Waals surface area contributed by atoms with Crippen LogP contribution in [0.4, 0.5) is 13.2 Å². The summed E-state index contributed by atoms with van der Waals surface area (Å²) in [5.74, 6) is -0.181. The van der Waals surface area contributed by atoms with Crippen molar-refractivity contribution >= 4 is 28.3 Å². The van der Waals surface area contributed by atoms with E-state index in [1.54, 1.807) is 30.3 Å². The third-order valence-electron chi connectivity index (χ3n) is 6.37. The number of Topliss-reactive ketones (excluding diaryl/α,β-unsaturated/α-hetero) is 1. The maximum atomic E-state index is 13.3. The molecule has 4 nitrogen and oxygen atoms in total. The van der Waals surface area contributed by atoms with E-state index in [0.29, 0.717) is 38.2 Å². The van der Waals surface area contributed by atoms with Crippen LogP contribution in [0.15, 0.2) is 71.5 Å². The number of aromatic nitrogens is 1. The Labute approximate surface area is 230 Å². The monoisotopic (exact) mass is 555 g/mol. The Morgan fingerprint density at radius 2 is 1.67 bits per heavy atom. The SMILES string of the molecule is CC(=O)[C@@H](OC(C)(C)C)c1c(C)cc2c(ccc(=O)n2Cc2cccc(C(F)(F)F)c2)c1-c1ccc(Cl)cc1. The summed E-state index contributed by atoms with van der Waals surface area (Å²) in [7, 11) is 0. The second-order valence-corrected chi connectivity index (χ2v) is 11.0. The lowest BCUT2D eigenvalue weighted by molar-refractivity contribution is -0.139. The van der Waals surface area contributed by atoms with E-state index in [9.17, 15) is 22.8 Å². The average Bonchev–Trinajstić information content (AvgIpc) is 2.83. The van der Waals surface area contributed by atoms with Gasteiger partial charge in [0.25, 0.3) is 5.56 Å². The zero-order valence-corrected chi connectivity index (χ0v) is 23.1. The summed E-state index contributed by atoms with van der Waals surface area (Å²) in [4.78, 5) is 26.0. The molecule has 204 valence electrons. The molecule has 0 saturated carbocycles. The van der Waals surface area contributed by atoms with Crippen LogP contribution in [0.2, 0.25) is 5.02 Å². The summed E-state index contributed by atoms with van der Waals surface area (Å²) in [5.41, 5.74) is 1.94. The molecule has 0 spiro atoms. The van der Waals surface area contributed by atoms with Gasteiger partial charge in [-0.15, -0.1) is 0 Å². The van der Waals surface area contributed by atoms with Gasteiger partial charge in [0.1, 0.15) is 6.10 Å². The number of alkyl halides is 3. The van der Waals surface area contributed by atoms with E-state index >= 15 is 0 Å². The Hall–Kier alpha value is -3.42. The molecule has 0 unspecified atom stereocenters. The molecular formula is C31H29ClF3NO3. The Morgan fingerprint density at radius 1 is 1.00 bits per heavy atom. The first kappa shape index (κ1) is 28.6. The molecule has 39 heavy (non-hydrogen) atoms. The molecule has 0 radical (unpaired) electrons. The number of nitrogens with zero attached hydrogens (tertiary/aromatic N) is 1. The fourth-order valence-corrected chi connectivity index (χ4v) is 4.87. The van der Waals surface area contributed by atoms with Crippen molar-refractivity contribution in [3.63, 3.8) is 0 Å². The van der Waals surface area contributed by atoms with Crippen molar-refractivity contribution in [2.75, 3.05) is 0 Å². The fraction of sp³-hybridized carbons (Fsp3) is 0.290. The van der Waals surface area contributed by atoms with Crippen molar-refractivity contribution in [2.45, 2.75) is 59.0 Å². The molecule has 1 aromatic heterocycles. The van der Waals surface area contributed by atoms with E-state index in [2.05, 4.69) is 0 Å². The maximum absolute atomic E-state index is 13.3. The van der Waals surface area contributed by atoms with Gasteiger partial charge in [0, 0.05) is 16.5 Å². The van der Waals surface area contributed by atoms with Gasteiger partial charge >= 0.3 is 6.18 Å². The third kappa shape index (κ3) is 6.26. The average molecular weight is 556 g/mol. The molecule has 1 heterocycles. The van der Waals surface area contributed by atoms with Crippen molar-refractivity contribution < 1.29 is 22.7 Å². The van der Waals surface area contributed by atoms with Gasteiger partial charge in [-0.05, 0) is 98.8 Å². The number of fused-ring (bicyclic) bond motifs is 1. The third-order valence-corrected chi connectivity index (χ3v) is 6.62. The first-order valence-corrected chi connectivity index (χ1v) is 12.8. The van der Waals surface area contributed by atoms with Gasteiger partial charge in [-0.25, -0.2) is 0 Å². The number of benzene rings is 3. The van der Waals surface area contributed by atoms with Gasteiger partial charge in [-0.1, -0.05) is 35.9 Å². The van der Waals surface area contributed by atoms with Gasteiger partial charge in [0.2, 0.25) is 0 Å². The van der Waals surface area contributed by atoms with Gasteiger partial charge in [0.15, 0.2) is 5.78 Å². The van der Waals surface area contributed by atoms with E-state index < -0.39 is 23.4 Å². The van der Waals surface area contributed by atoms with Crippen molar-refractivity contribution in [2.24, 2.45) is 0 Å². The van der Waals surface area contributed by atoms with Crippen LogP contribution in [0.5, 0.6) is 0 Å². The quantitative estimate of drug-likeness (QED) is 0.241. The minimum atomic E-state index is -4.50. The number of pyridine rings is 1. The first-order chi connectivity index (χ1) is 18.2. The molecule has 8 heteroatoms. The maximum Gasteiger partial charge on any atom is 0.416 e. The molecule has 0 saturated heterocycles. The summed E-state index contributed by atoms with van der Waals surface area (Å²) in [5, 5.41) is 1.20. The van der Waals surface area contributed by atoms with Gasteiger partial charge < -0.3 is 9.30 Å². The molecule has 4 rings (SSSR count). The number of ketones is 1. The highest BCUT2D eigenvalue weighted by Gasteiger charge is 2.31. The standard InChI is InChI=1S/C31H29ClF3NO3/c1-18-15-25-24(13-14-26(38)36(25)17-20-7-6-8-22(16-20)31(33,34)35)28(21-9-11-23(32)12-10-21)27(18)29(19(2)37)39-30(3,4)5/h6-16,29H,17H2,1-5H3/t29-/m1/s1. The van der Waals surface area contributed by atoms with E-state index in [1.807, 2.05) is 39.8 Å². The Bertz CT molecular complexity index is 1600. The van der Waals surface area contributed by atoms with Crippen LogP contribution in [0.1, 0.15) is 56.1 Å². The number of carbonyl (C=O) groups excluding carboxylic acids is 1. The molecule has 0 aliphatic heterocycles. The van der Waals surface area contributed by atoms with Crippen molar-refractivity contribution in [3.05, 3.63) is 104 Å². The van der Waals surface area contributed by atoms with Gasteiger partial charge in [-0.3, -0.25) is 9.59 Å². The van der Waals surface area contributed by atoms with Crippen LogP contribution >= 0.6 is 11.6 Å². The van der Waals surface area contributed by atoms with Crippen LogP contribution in [0.25, 0.3) is 22.0 Å². The largest absolute Gasteiger partial charge is 0.416 e. The Kier molecular flexibility index (Phi) is 7.79. The Morgan fingerprint density at radius 3 is 2.26 bits per heavy atom. The topological polar surface area (TPSA) is 48.3 Å². The highest BCUT2D eigenvalue weighted by atomic mass is 35.5. The van der Waals surface area contributed by atoms with Crippen molar-refractivity contribution in [3.8, 4) is 11.1 Å². The zero-order chi connectivity index (χ0) is 28.7. The smallest absolute Gasteiger partial charge is 0.360 e. The van der Waals surface area contributed by atoms with Crippen molar-refractivity contribution in [1.82, 2.24) is 4.57 Å². The normalized spacial score (nSPS) is 13.1. The minimum Gasteiger partial charge on any atom is -0.360 e. The van der Waals surface area contributed by atoms with Gasteiger partial charge in [0.05, 0.1) is 23.2 Å². The number of ether oxygens (including phenoxy) is 1. The fourth-order valence-electron chi connectivity index (χ4n) is 4.74. The molecular weight excluding hydrogens is 527 g/mol. The number of aryl methyl sites for hydroxylation is 1. The molecule has 4 aromatic rings. The summed E-state index contributed by atoms with van der Waals surface area (Å²) >= 11 is 6.17. The Balaban J connectivity index is 2.03. The zero-order valence-electron chi connectivity index (χ0n) is 22.3. The molecule has 0 aliphatic carbocycles. The van der Waals surface area contributed by atoms with Crippen LogP contribution in [0, 0.1) is 6.92 Å². The predicted octanol–water partition coefficient (Wildman–Crippen LogP) is 8.14. The number of rotatable bonds is 6. The van der Waals surface area contributed by atoms with Crippen LogP contribution in [0.3, 0.4) is 0 Å². The number of halogens is 4. The van der Waals surface area contributed by atoms with Crippen molar-refractivity contribution in [1.29, 1.82) is 0 Å². The van der Waals surface area contributed by atoms with Gasteiger partial charge in [-0.2, -0.15) is 13.2 Å². The number of hydrogen-bond acceptors (Lipinski definition) is 3. The van der Waals surface area contributed by atoms with E-state index in [0.717, 1.165) is 17.7 Å². The first-order valence-electron chi connectivity index (χ1n) is 12.4. The second-order valence-electron chi connectivity index (χ2n) is 10.6. The summed E-state index contributed by atoms with van der Waals surface area (Å²) in [6, 6.07) is 16.9. The molecule has 0 bridgehead atoms. The molecule has 0 N–H and O–H groups in total. The van der Waals surface area contributed by atoms with Crippen LogP contribution < -0.4 is 5.56 Å². The predicted molar refractivity (Wildman–Crippen MR) is 148 cm³/mol. The van der Waals surface area contributed by atoms with Crippen LogP contribution in [-0.4, -0.2) is 16.0 Å². The molecule has 1 atom stereocenters. The number of hydrogen-bond donors (Lipinski definition) is 0. The molecule has 0 fully saturated rings. The molecule has 0 amide bonds. The second kappa shape index (κ2) is 10.6. The van der Waals surface area contributed by atoms with Crippen LogP contribution in [-0.2, 0) is 22.3 Å². The van der Waals surface area contributed by atoms with E-state index in [1.165, 1.54) is 23.6 Å². The number of carbonyl (C=O) groups is 1. The van der Waals surface area contributed by atoms with E-state index in [-0.39, 0.29) is 17.9 Å². The van der Waals surface area contributed by atoms with E-state index in [4.69, 9.17) is 16.3 Å². The lowest BCUT2D eigenvalue weighted by atomic mass is 9.87. The summed E-state index contributed by atoms with van der Waals surface area (Å²) in [6.07, 6.45) is -5.38. The highest BCUT2D eigenvalue weighted by molar-refractivity contribution is 6.30. The summed E-state index contributed by atoms with van der Waals surface area (Å²) < 4.78 is 47.7. The lowest BCUT2D eigenvalue weighted by Crippen LogP contribution is -2.27. The molecule has 3 aromatic carbocycles. The highest BCUT2D eigenvalue weighted by Crippen LogP contribution is 2.41. The minimum absolute atomic E-state index is 0.0619.